The Morgan fingerprint density at radius 3 is 2.90 bits per heavy atom. The first-order chi connectivity index (χ1) is 10.1. The first-order valence-electron chi connectivity index (χ1n) is 6.90. The molecule has 1 fully saturated rings. The van der Waals surface area contributed by atoms with Gasteiger partial charge in [-0.3, -0.25) is 9.59 Å². The summed E-state index contributed by atoms with van der Waals surface area (Å²) in [6.07, 6.45) is 3.31. The van der Waals surface area contributed by atoms with Gasteiger partial charge in [0, 0.05) is 28.7 Å². The molecule has 1 atom stereocenters. The number of rotatable bonds is 3. The topological polar surface area (TPSA) is 68.3 Å². The molecule has 2 N–H and O–H groups in total. The molecule has 1 saturated heterocycles. The van der Waals surface area contributed by atoms with Crippen molar-refractivity contribution in [2.45, 2.75) is 25.4 Å². The Bertz CT molecular complexity index is 710. The number of nitrogens with zero attached hydrogens (tertiary/aromatic N) is 2. The number of primary amides is 1. The van der Waals surface area contributed by atoms with Crippen LogP contribution in [0.4, 0.5) is 0 Å². The van der Waals surface area contributed by atoms with Crippen molar-refractivity contribution in [1.29, 1.82) is 0 Å². The SMILES string of the molecule is NC(=O)[C@H]1CCCN1C(=O)Cn1ccc2c(Cl)cccc21. The van der Waals surface area contributed by atoms with Crippen LogP contribution < -0.4 is 5.73 Å². The average Bonchev–Trinajstić information content (AvgIpc) is 3.06. The van der Waals surface area contributed by atoms with E-state index in [9.17, 15) is 9.59 Å². The molecule has 0 saturated carbocycles. The van der Waals surface area contributed by atoms with Gasteiger partial charge in [-0.05, 0) is 31.0 Å². The van der Waals surface area contributed by atoms with E-state index in [1.54, 1.807) is 4.90 Å². The van der Waals surface area contributed by atoms with Crippen LogP contribution in [0.2, 0.25) is 5.02 Å². The summed E-state index contributed by atoms with van der Waals surface area (Å²) in [5, 5.41) is 1.58. The number of amides is 2. The zero-order valence-corrected chi connectivity index (χ0v) is 12.2. The van der Waals surface area contributed by atoms with Gasteiger partial charge in [0.1, 0.15) is 12.6 Å². The molecule has 2 amide bonds. The van der Waals surface area contributed by atoms with Crippen molar-refractivity contribution in [3.63, 3.8) is 0 Å². The predicted octanol–water partition coefficient (Wildman–Crippen LogP) is 1.77. The van der Waals surface area contributed by atoms with Crippen LogP contribution in [0.15, 0.2) is 30.5 Å². The minimum Gasteiger partial charge on any atom is -0.368 e. The summed E-state index contributed by atoms with van der Waals surface area (Å²) in [5.74, 6) is -0.518. The minimum absolute atomic E-state index is 0.0891. The highest BCUT2D eigenvalue weighted by molar-refractivity contribution is 6.35. The second kappa shape index (κ2) is 5.41. The number of carbonyl (C=O) groups excluding carboxylic acids is 2. The summed E-state index contributed by atoms with van der Waals surface area (Å²) in [6.45, 7) is 0.778. The Morgan fingerprint density at radius 2 is 2.14 bits per heavy atom. The zero-order chi connectivity index (χ0) is 15.0. The van der Waals surface area contributed by atoms with Gasteiger partial charge in [-0.25, -0.2) is 0 Å². The Hall–Kier alpha value is -2.01. The monoisotopic (exact) mass is 305 g/mol. The van der Waals surface area contributed by atoms with E-state index >= 15 is 0 Å². The molecular weight excluding hydrogens is 290 g/mol. The lowest BCUT2D eigenvalue weighted by Crippen LogP contribution is -2.44. The molecule has 1 aliphatic rings. The molecule has 0 bridgehead atoms. The number of fused-ring (bicyclic) bond motifs is 1. The van der Waals surface area contributed by atoms with Crippen molar-refractivity contribution in [2.24, 2.45) is 5.73 Å². The third-order valence-electron chi connectivity index (χ3n) is 3.97. The maximum absolute atomic E-state index is 12.4. The fourth-order valence-corrected chi connectivity index (χ4v) is 3.15. The highest BCUT2D eigenvalue weighted by atomic mass is 35.5. The predicted molar refractivity (Wildman–Crippen MR) is 80.9 cm³/mol. The van der Waals surface area contributed by atoms with E-state index in [4.69, 9.17) is 17.3 Å². The summed E-state index contributed by atoms with van der Waals surface area (Å²) in [7, 11) is 0. The van der Waals surface area contributed by atoms with Gasteiger partial charge < -0.3 is 15.2 Å². The molecule has 110 valence electrons. The van der Waals surface area contributed by atoms with Crippen LogP contribution in [0.5, 0.6) is 0 Å². The first kappa shape index (κ1) is 13.9. The molecule has 0 radical (unpaired) electrons. The van der Waals surface area contributed by atoms with E-state index in [0.29, 0.717) is 18.0 Å². The minimum atomic E-state index is -0.470. The van der Waals surface area contributed by atoms with Gasteiger partial charge in [0.05, 0.1) is 0 Å². The Labute approximate surface area is 127 Å². The van der Waals surface area contributed by atoms with Gasteiger partial charge in [0.2, 0.25) is 11.8 Å². The fourth-order valence-electron chi connectivity index (χ4n) is 2.92. The first-order valence-corrected chi connectivity index (χ1v) is 7.28. The lowest BCUT2D eigenvalue weighted by atomic mass is 10.2. The van der Waals surface area contributed by atoms with E-state index in [1.165, 1.54) is 0 Å². The quantitative estimate of drug-likeness (QED) is 0.939. The van der Waals surface area contributed by atoms with Gasteiger partial charge in [0.25, 0.3) is 0 Å². The number of carbonyl (C=O) groups is 2. The Morgan fingerprint density at radius 1 is 1.33 bits per heavy atom. The van der Waals surface area contributed by atoms with E-state index in [0.717, 1.165) is 17.3 Å². The molecule has 1 aromatic heterocycles. The maximum atomic E-state index is 12.4. The molecular formula is C15H16ClN3O2. The molecule has 0 aliphatic carbocycles. The zero-order valence-electron chi connectivity index (χ0n) is 11.5. The number of likely N-dealkylation sites (tertiary alicyclic amines) is 1. The van der Waals surface area contributed by atoms with Crippen LogP contribution in [0, 0.1) is 0 Å². The second-order valence-electron chi connectivity index (χ2n) is 5.26. The van der Waals surface area contributed by atoms with Gasteiger partial charge in [-0.15, -0.1) is 0 Å². The summed E-state index contributed by atoms with van der Waals surface area (Å²) in [4.78, 5) is 25.4. The number of aromatic nitrogens is 1. The number of halogens is 1. The second-order valence-corrected chi connectivity index (χ2v) is 5.67. The molecule has 1 aliphatic heterocycles. The van der Waals surface area contributed by atoms with Crippen LogP contribution in [0.3, 0.4) is 0 Å². The lowest BCUT2D eigenvalue weighted by molar-refractivity contribution is -0.137. The molecule has 2 aromatic rings. The molecule has 6 heteroatoms. The van der Waals surface area contributed by atoms with Crippen LogP contribution >= 0.6 is 11.6 Å². The third kappa shape index (κ3) is 2.49. The highest BCUT2D eigenvalue weighted by Gasteiger charge is 2.32. The normalized spacial score (nSPS) is 18.3. The van der Waals surface area contributed by atoms with E-state index in [2.05, 4.69) is 0 Å². The number of benzene rings is 1. The Kier molecular flexibility index (Phi) is 3.59. The summed E-state index contributed by atoms with van der Waals surface area (Å²) in [6, 6.07) is 7.01. The number of hydrogen-bond acceptors (Lipinski definition) is 2. The standard InChI is InChI=1S/C15H16ClN3O2/c16-11-3-1-4-12-10(11)6-8-18(12)9-14(20)19-7-2-5-13(19)15(17)21/h1,3-4,6,8,13H,2,5,7,9H2,(H2,17,21)/t13-/m1/s1. The molecule has 1 aromatic carbocycles. The molecule has 21 heavy (non-hydrogen) atoms. The van der Waals surface area contributed by atoms with Crippen molar-refractivity contribution in [3.05, 3.63) is 35.5 Å². The van der Waals surface area contributed by atoms with Crippen molar-refractivity contribution >= 4 is 34.3 Å². The number of nitrogens with two attached hydrogens (primary N) is 1. The lowest BCUT2D eigenvalue weighted by Gasteiger charge is -2.22. The third-order valence-corrected chi connectivity index (χ3v) is 4.30. The smallest absolute Gasteiger partial charge is 0.243 e. The van der Waals surface area contributed by atoms with Crippen LogP contribution in [0.25, 0.3) is 10.9 Å². The van der Waals surface area contributed by atoms with Crippen LogP contribution in [0.1, 0.15) is 12.8 Å². The van der Waals surface area contributed by atoms with Crippen molar-refractivity contribution in [2.75, 3.05) is 6.54 Å². The van der Waals surface area contributed by atoms with Crippen molar-refractivity contribution < 1.29 is 9.59 Å². The Balaban J connectivity index is 1.84. The fraction of sp³-hybridized carbons (Fsp3) is 0.333. The van der Waals surface area contributed by atoms with E-state index in [-0.39, 0.29) is 12.5 Å². The molecule has 3 rings (SSSR count). The summed E-state index contributed by atoms with van der Waals surface area (Å²) in [5.41, 5.74) is 6.26. The molecule has 0 unspecified atom stereocenters. The molecule has 2 heterocycles. The van der Waals surface area contributed by atoms with Crippen LogP contribution in [-0.2, 0) is 16.1 Å². The number of hydrogen-bond donors (Lipinski definition) is 1. The maximum Gasteiger partial charge on any atom is 0.243 e. The highest BCUT2D eigenvalue weighted by Crippen LogP contribution is 2.25. The molecule has 0 spiro atoms. The van der Waals surface area contributed by atoms with Crippen molar-refractivity contribution in [1.82, 2.24) is 9.47 Å². The summed E-state index contributed by atoms with van der Waals surface area (Å²) < 4.78 is 1.85. The van der Waals surface area contributed by atoms with Crippen LogP contribution in [-0.4, -0.2) is 33.9 Å². The van der Waals surface area contributed by atoms with Gasteiger partial charge in [-0.1, -0.05) is 17.7 Å². The average molecular weight is 306 g/mol. The summed E-state index contributed by atoms with van der Waals surface area (Å²) >= 11 is 6.13. The van der Waals surface area contributed by atoms with Gasteiger partial charge >= 0.3 is 0 Å². The largest absolute Gasteiger partial charge is 0.368 e. The van der Waals surface area contributed by atoms with E-state index in [1.807, 2.05) is 35.0 Å². The molecule has 5 nitrogen and oxygen atoms in total. The van der Waals surface area contributed by atoms with E-state index < -0.39 is 11.9 Å². The van der Waals surface area contributed by atoms with Gasteiger partial charge in [-0.2, -0.15) is 0 Å². The van der Waals surface area contributed by atoms with Gasteiger partial charge in [0.15, 0.2) is 0 Å². The van der Waals surface area contributed by atoms with Crippen molar-refractivity contribution in [3.8, 4) is 0 Å².